The van der Waals surface area contributed by atoms with Crippen LogP contribution in [0.3, 0.4) is 0 Å². The Bertz CT molecular complexity index is 366. The van der Waals surface area contributed by atoms with Gasteiger partial charge in [0.15, 0.2) is 0 Å². The largest absolute Gasteiger partial charge is 0.500 e. The van der Waals surface area contributed by atoms with Crippen molar-refractivity contribution in [1.82, 2.24) is 4.98 Å². The molecule has 0 aliphatic heterocycles. The number of halogens is 1. The molecule has 1 unspecified atom stereocenters. The van der Waals surface area contributed by atoms with Gasteiger partial charge in [0.25, 0.3) is 0 Å². The molecule has 0 radical (unpaired) electrons. The van der Waals surface area contributed by atoms with Gasteiger partial charge in [-0.2, -0.15) is 0 Å². The van der Waals surface area contributed by atoms with Gasteiger partial charge in [-0.1, -0.05) is 6.92 Å². The smallest absolute Gasteiger partial charge is 0.377 e. The van der Waals surface area contributed by atoms with Gasteiger partial charge in [0.1, 0.15) is 0 Å². The highest BCUT2D eigenvalue weighted by atomic mass is 79.9. The third kappa shape index (κ3) is 3.86. The van der Waals surface area contributed by atoms with Crippen molar-refractivity contribution in [3.05, 3.63) is 28.5 Å². The zero-order chi connectivity index (χ0) is 13.6. The lowest BCUT2D eigenvalue weighted by molar-refractivity contribution is 0.122. The zero-order valence-corrected chi connectivity index (χ0v) is 13.9. The molecule has 0 spiro atoms. The van der Waals surface area contributed by atoms with E-state index in [-0.39, 0.29) is 0 Å². The first-order valence-electron chi connectivity index (χ1n) is 5.84. The normalized spacial score (nSPS) is 13.6. The van der Waals surface area contributed by atoms with E-state index in [1.165, 1.54) is 0 Å². The van der Waals surface area contributed by atoms with Gasteiger partial charge in [0.05, 0.1) is 5.69 Å². The van der Waals surface area contributed by atoms with Crippen LogP contribution < -0.4 is 0 Å². The number of hydrogen-bond acceptors (Lipinski definition) is 4. The highest BCUT2D eigenvalue weighted by Crippen LogP contribution is 2.28. The van der Waals surface area contributed by atoms with E-state index >= 15 is 0 Å². The fraction of sp³-hybridized carbons (Fsp3) is 0.583. The highest BCUT2D eigenvalue weighted by Gasteiger charge is 2.37. The molecule has 0 aromatic carbocycles. The second kappa shape index (κ2) is 7.35. The SMILES string of the molecule is CO[Si](CCC(C)c1ncccc1Br)(OC)OC. The average molecular weight is 334 g/mol. The fourth-order valence-corrected chi connectivity index (χ4v) is 4.39. The van der Waals surface area contributed by atoms with E-state index in [1.54, 1.807) is 21.3 Å². The first-order chi connectivity index (χ1) is 8.58. The third-order valence-corrected chi connectivity index (χ3v) is 6.51. The summed E-state index contributed by atoms with van der Waals surface area (Å²) >= 11 is 3.52. The van der Waals surface area contributed by atoms with Crippen LogP contribution in [-0.4, -0.2) is 35.1 Å². The van der Waals surface area contributed by atoms with E-state index < -0.39 is 8.80 Å². The highest BCUT2D eigenvalue weighted by molar-refractivity contribution is 9.10. The first-order valence-corrected chi connectivity index (χ1v) is 8.57. The van der Waals surface area contributed by atoms with Crippen molar-refractivity contribution in [2.45, 2.75) is 25.3 Å². The minimum Gasteiger partial charge on any atom is -0.377 e. The quantitative estimate of drug-likeness (QED) is 0.718. The molecular weight excluding hydrogens is 314 g/mol. The van der Waals surface area contributed by atoms with E-state index in [1.807, 2.05) is 18.3 Å². The van der Waals surface area contributed by atoms with Crippen LogP contribution >= 0.6 is 15.9 Å². The van der Waals surface area contributed by atoms with Gasteiger partial charge in [-0.05, 0) is 40.4 Å². The summed E-state index contributed by atoms with van der Waals surface area (Å²) in [5.41, 5.74) is 1.06. The minimum absolute atomic E-state index is 0.327. The Labute approximate surface area is 118 Å². The lowest BCUT2D eigenvalue weighted by atomic mass is 10.0. The van der Waals surface area contributed by atoms with Gasteiger partial charge >= 0.3 is 8.80 Å². The molecule has 0 saturated heterocycles. The summed E-state index contributed by atoms with van der Waals surface area (Å²) in [7, 11) is 2.44. The Hall–Kier alpha value is -0.273. The summed E-state index contributed by atoms with van der Waals surface area (Å²) in [6, 6.07) is 4.70. The van der Waals surface area contributed by atoms with Crippen LogP contribution in [0.15, 0.2) is 22.8 Å². The van der Waals surface area contributed by atoms with Crippen molar-refractivity contribution in [1.29, 1.82) is 0 Å². The van der Waals surface area contributed by atoms with E-state index in [4.69, 9.17) is 13.3 Å². The van der Waals surface area contributed by atoms with Gasteiger partial charge in [0.2, 0.25) is 0 Å². The van der Waals surface area contributed by atoms with Gasteiger partial charge in [-0.15, -0.1) is 0 Å². The molecule has 1 rings (SSSR count). The molecule has 18 heavy (non-hydrogen) atoms. The molecule has 0 saturated carbocycles. The van der Waals surface area contributed by atoms with Crippen molar-refractivity contribution >= 4 is 24.7 Å². The van der Waals surface area contributed by atoms with Gasteiger partial charge < -0.3 is 13.3 Å². The topological polar surface area (TPSA) is 40.6 Å². The minimum atomic E-state index is -2.47. The summed E-state index contributed by atoms with van der Waals surface area (Å²) in [6.07, 6.45) is 2.72. The van der Waals surface area contributed by atoms with Crippen LogP contribution in [0.1, 0.15) is 25.0 Å². The standard InChI is InChI=1S/C12H20BrNO3Si/c1-10(12-11(13)6-5-8-14-12)7-9-18(15-2,16-3)17-4/h5-6,8,10H,7,9H2,1-4H3. The molecule has 6 heteroatoms. The predicted molar refractivity (Wildman–Crippen MR) is 76.6 cm³/mol. The Morgan fingerprint density at radius 2 is 1.89 bits per heavy atom. The van der Waals surface area contributed by atoms with Crippen LogP contribution in [0.4, 0.5) is 0 Å². The van der Waals surface area contributed by atoms with Gasteiger partial charge in [-0.3, -0.25) is 4.98 Å². The van der Waals surface area contributed by atoms with E-state index in [0.717, 1.165) is 22.6 Å². The van der Waals surface area contributed by atoms with Crippen molar-refractivity contribution in [3.8, 4) is 0 Å². The lowest BCUT2D eigenvalue weighted by Crippen LogP contribution is -2.42. The summed E-state index contributed by atoms with van der Waals surface area (Å²) < 4.78 is 17.3. The monoisotopic (exact) mass is 333 g/mol. The molecule has 0 amide bonds. The summed E-state index contributed by atoms with van der Waals surface area (Å²) in [5, 5.41) is 0. The van der Waals surface area contributed by atoms with Crippen LogP contribution in [0.25, 0.3) is 0 Å². The molecule has 0 bridgehead atoms. The fourth-order valence-electron chi connectivity index (χ4n) is 1.85. The molecule has 0 fully saturated rings. The van der Waals surface area contributed by atoms with Crippen LogP contribution in [0.5, 0.6) is 0 Å². The molecule has 1 aromatic rings. The Morgan fingerprint density at radius 3 is 2.39 bits per heavy atom. The molecule has 0 aliphatic carbocycles. The summed E-state index contributed by atoms with van der Waals surface area (Å²) in [5.74, 6) is 0.327. The van der Waals surface area contributed by atoms with Gasteiger partial charge in [0, 0.05) is 38.0 Å². The van der Waals surface area contributed by atoms with Crippen molar-refractivity contribution < 1.29 is 13.3 Å². The number of aromatic nitrogens is 1. The van der Waals surface area contributed by atoms with E-state index in [2.05, 4.69) is 27.8 Å². The maximum Gasteiger partial charge on any atom is 0.500 e. The Balaban J connectivity index is 2.66. The van der Waals surface area contributed by atoms with Crippen LogP contribution in [0, 0.1) is 0 Å². The van der Waals surface area contributed by atoms with Gasteiger partial charge in [-0.25, -0.2) is 0 Å². The summed E-state index contributed by atoms with van der Waals surface area (Å²) in [4.78, 5) is 4.40. The van der Waals surface area contributed by atoms with Crippen molar-refractivity contribution in [2.24, 2.45) is 0 Å². The van der Waals surface area contributed by atoms with Crippen LogP contribution in [-0.2, 0) is 13.3 Å². The molecule has 0 aliphatic rings. The number of hydrogen-bond donors (Lipinski definition) is 0. The van der Waals surface area contributed by atoms with E-state index in [0.29, 0.717) is 5.92 Å². The third-order valence-electron chi connectivity index (χ3n) is 3.07. The van der Waals surface area contributed by atoms with Crippen molar-refractivity contribution in [3.63, 3.8) is 0 Å². The maximum absolute atomic E-state index is 5.42. The molecule has 0 N–H and O–H groups in total. The molecule has 102 valence electrons. The Morgan fingerprint density at radius 1 is 1.28 bits per heavy atom. The first kappa shape index (κ1) is 15.8. The lowest BCUT2D eigenvalue weighted by Gasteiger charge is -2.25. The molecular formula is C12H20BrNO3Si. The second-order valence-electron chi connectivity index (χ2n) is 4.11. The molecule has 4 nitrogen and oxygen atoms in total. The van der Waals surface area contributed by atoms with E-state index in [9.17, 15) is 0 Å². The predicted octanol–water partition coefficient (Wildman–Crippen LogP) is 3.22. The molecule has 1 heterocycles. The maximum atomic E-state index is 5.42. The second-order valence-corrected chi connectivity index (χ2v) is 8.05. The average Bonchev–Trinajstić information content (AvgIpc) is 2.41. The number of rotatable bonds is 7. The number of pyridine rings is 1. The number of nitrogens with zero attached hydrogens (tertiary/aromatic N) is 1. The molecule has 1 aromatic heterocycles. The summed E-state index contributed by atoms with van der Waals surface area (Å²) in [6.45, 7) is 2.15. The Kier molecular flexibility index (Phi) is 6.44. The van der Waals surface area contributed by atoms with Crippen molar-refractivity contribution in [2.75, 3.05) is 21.3 Å². The van der Waals surface area contributed by atoms with Crippen LogP contribution in [0.2, 0.25) is 6.04 Å². The zero-order valence-electron chi connectivity index (χ0n) is 11.3. The molecule has 1 atom stereocenters.